The summed E-state index contributed by atoms with van der Waals surface area (Å²) in [5.74, 6) is 1.03. The van der Waals surface area contributed by atoms with E-state index in [0.29, 0.717) is 6.04 Å². The summed E-state index contributed by atoms with van der Waals surface area (Å²) < 4.78 is 11.0. The van der Waals surface area contributed by atoms with E-state index >= 15 is 0 Å². The predicted molar refractivity (Wildman–Crippen MR) is 97.9 cm³/mol. The van der Waals surface area contributed by atoms with Crippen molar-refractivity contribution >= 4 is 22.9 Å². The number of alkyl carbamates (subject to hydrolysis) is 1. The lowest BCUT2D eigenvalue weighted by molar-refractivity contribution is 0.0475. The third kappa shape index (κ3) is 4.44. The van der Waals surface area contributed by atoms with Crippen LogP contribution < -0.4 is 10.6 Å². The number of nitrogens with zero attached hydrogens (tertiary/aromatic N) is 1. The van der Waals surface area contributed by atoms with Crippen LogP contribution in [0.2, 0.25) is 0 Å². The van der Waals surface area contributed by atoms with Crippen molar-refractivity contribution in [3.8, 4) is 0 Å². The van der Waals surface area contributed by atoms with Gasteiger partial charge in [-0.25, -0.2) is 9.78 Å². The van der Waals surface area contributed by atoms with Crippen molar-refractivity contribution in [2.24, 2.45) is 0 Å². The molecule has 2 N–H and O–H groups in total. The normalized spacial score (nSPS) is 20.4. The molecule has 1 amide bonds. The molecule has 0 unspecified atom stereocenters. The van der Waals surface area contributed by atoms with E-state index in [-0.39, 0.29) is 18.1 Å². The largest absolute Gasteiger partial charge is 0.444 e. The van der Waals surface area contributed by atoms with Crippen molar-refractivity contribution in [1.82, 2.24) is 10.3 Å². The number of nitrogens with one attached hydrogen (secondary N) is 2. The first-order valence-corrected chi connectivity index (χ1v) is 8.86. The Morgan fingerprint density at radius 2 is 2.00 bits per heavy atom. The Balaban J connectivity index is 1.51. The fourth-order valence-corrected chi connectivity index (χ4v) is 2.85. The maximum atomic E-state index is 11.8. The Kier molecular flexibility index (Phi) is 4.62. The Labute approximate surface area is 148 Å². The van der Waals surface area contributed by atoms with Crippen LogP contribution in [0.4, 0.5) is 10.5 Å². The number of aromatic nitrogens is 1. The number of oxazole rings is 1. The number of fused-ring (bicyclic) bond motifs is 1. The molecule has 0 saturated heterocycles. The van der Waals surface area contributed by atoms with Crippen LogP contribution >= 0.6 is 0 Å². The zero-order valence-corrected chi connectivity index (χ0v) is 15.6. The van der Waals surface area contributed by atoms with Crippen LogP contribution in [-0.4, -0.2) is 28.8 Å². The highest BCUT2D eigenvalue weighted by Gasteiger charge is 2.31. The van der Waals surface area contributed by atoms with Gasteiger partial charge in [-0.1, -0.05) is 13.8 Å². The van der Waals surface area contributed by atoms with Gasteiger partial charge in [0.2, 0.25) is 0 Å². The van der Waals surface area contributed by atoms with Crippen molar-refractivity contribution in [3.05, 3.63) is 24.1 Å². The van der Waals surface area contributed by atoms with E-state index in [1.54, 1.807) is 0 Å². The minimum absolute atomic E-state index is 0.163. The van der Waals surface area contributed by atoms with E-state index in [1.165, 1.54) is 0 Å². The summed E-state index contributed by atoms with van der Waals surface area (Å²) in [6, 6.07) is 6.47. The summed E-state index contributed by atoms with van der Waals surface area (Å²) in [6.45, 7) is 9.72. The maximum Gasteiger partial charge on any atom is 0.407 e. The van der Waals surface area contributed by atoms with Crippen molar-refractivity contribution in [3.63, 3.8) is 0 Å². The first-order valence-electron chi connectivity index (χ1n) is 8.86. The van der Waals surface area contributed by atoms with E-state index in [4.69, 9.17) is 9.15 Å². The predicted octanol–water partition coefficient (Wildman–Crippen LogP) is 4.42. The Morgan fingerprint density at radius 1 is 1.28 bits per heavy atom. The van der Waals surface area contributed by atoms with Crippen LogP contribution in [0.5, 0.6) is 0 Å². The molecule has 1 aliphatic rings. The Bertz CT molecular complexity index is 755. The zero-order chi connectivity index (χ0) is 18.2. The minimum Gasteiger partial charge on any atom is -0.444 e. The molecular weight excluding hydrogens is 318 g/mol. The third-order valence-electron chi connectivity index (χ3n) is 4.13. The first kappa shape index (κ1) is 17.6. The van der Waals surface area contributed by atoms with Crippen molar-refractivity contribution in [2.75, 3.05) is 5.32 Å². The molecule has 3 rings (SSSR count). The Hall–Kier alpha value is -2.24. The quantitative estimate of drug-likeness (QED) is 0.858. The SMILES string of the molecule is CC(C)c1nc2cc(NC3CC(NC(=O)OC(C)(C)C)C3)ccc2o1. The smallest absolute Gasteiger partial charge is 0.407 e. The molecule has 136 valence electrons. The second kappa shape index (κ2) is 6.58. The standard InChI is InChI=1S/C19H27N3O3/c1-11(2)17-22-15-10-12(6-7-16(15)24-17)20-13-8-14(9-13)21-18(23)25-19(3,4)5/h6-7,10-11,13-14,20H,8-9H2,1-5H3,(H,21,23). The summed E-state index contributed by atoms with van der Waals surface area (Å²) in [6.07, 6.45) is 1.42. The molecule has 1 saturated carbocycles. The highest BCUT2D eigenvalue weighted by molar-refractivity contribution is 5.77. The summed E-state index contributed by atoms with van der Waals surface area (Å²) >= 11 is 0. The average molecular weight is 345 g/mol. The number of hydrogen-bond donors (Lipinski definition) is 2. The monoisotopic (exact) mass is 345 g/mol. The van der Waals surface area contributed by atoms with Gasteiger partial charge in [0.1, 0.15) is 11.1 Å². The summed E-state index contributed by atoms with van der Waals surface area (Å²) in [5.41, 5.74) is 2.24. The highest BCUT2D eigenvalue weighted by Crippen LogP contribution is 2.28. The van der Waals surface area contributed by atoms with Crippen LogP contribution in [-0.2, 0) is 4.74 Å². The fourth-order valence-electron chi connectivity index (χ4n) is 2.85. The topological polar surface area (TPSA) is 76.4 Å². The number of rotatable bonds is 4. The van der Waals surface area contributed by atoms with Crippen molar-refractivity contribution in [1.29, 1.82) is 0 Å². The number of ether oxygens (including phenoxy) is 1. The summed E-state index contributed by atoms with van der Waals surface area (Å²) in [7, 11) is 0. The van der Waals surface area contributed by atoms with Crippen molar-refractivity contribution < 1.29 is 13.9 Å². The van der Waals surface area contributed by atoms with E-state index in [9.17, 15) is 4.79 Å². The van der Waals surface area contributed by atoms with Crippen LogP contribution in [0.1, 0.15) is 59.3 Å². The van der Waals surface area contributed by atoms with Gasteiger partial charge in [-0.15, -0.1) is 0 Å². The van der Waals surface area contributed by atoms with Crippen LogP contribution in [0, 0.1) is 0 Å². The number of hydrogen-bond acceptors (Lipinski definition) is 5. The molecule has 0 aliphatic heterocycles. The van der Waals surface area contributed by atoms with E-state index in [2.05, 4.69) is 29.5 Å². The molecule has 6 nitrogen and oxygen atoms in total. The molecule has 1 aromatic carbocycles. The first-order chi connectivity index (χ1) is 11.7. The van der Waals surface area contributed by atoms with E-state index < -0.39 is 5.60 Å². The zero-order valence-electron chi connectivity index (χ0n) is 15.6. The second-order valence-electron chi connectivity index (χ2n) is 8.05. The van der Waals surface area contributed by atoms with Gasteiger partial charge >= 0.3 is 6.09 Å². The van der Waals surface area contributed by atoms with Crippen molar-refractivity contribution in [2.45, 2.75) is 71.1 Å². The molecule has 0 radical (unpaired) electrons. The van der Waals surface area contributed by atoms with Gasteiger partial charge in [0.05, 0.1) is 0 Å². The Morgan fingerprint density at radius 3 is 2.64 bits per heavy atom. The molecule has 1 aliphatic carbocycles. The molecule has 1 heterocycles. The van der Waals surface area contributed by atoms with E-state index in [0.717, 1.165) is 35.5 Å². The lowest BCUT2D eigenvalue weighted by atomic mass is 9.86. The van der Waals surface area contributed by atoms with Crippen LogP contribution in [0.3, 0.4) is 0 Å². The van der Waals surface area contributed by atoms with Gasteiger partial charge < -0.3 is 19.8 Å². The summed E-state index contributed by atoms with van der Waals surface area (Å²) in [4.78, 5) is 16.3. The summed E-state index contributed by atoms with van der Waals surface area (Å²) in [5, 5.41) is 6.39. The molecular formula is C19H27N3O3. The number of benzene rings is 1. The lowest BCUT2D eigenvalue weighted by Gasteiger charge is -2.37. The molecule has 0 spiro atoms. The molecule has 2 aromatic rings. The minimum atomic E-state index is -0.465. The molecule has 0 bridgehead atoms. The second-order valence-corrected chi connectivity index (χ2v) is 8.05. The number of carbonyl (C=O) groups excluding carboxylic acids is 1. The molecule has 25 heavy (non-hydrogen) atoms. The van der Waals surface area contributed by atoms with Gasteiger partial charge in [-0.3, -0.25) is 0 Å². The number of amides is 1. The van der Waals surface area contributed by atoms with Gasteiger partial charge in [-0.05, 0) is 51.8 Å². The maximum absolute atomic E-state index is 11.8. The molecule has 6 heteroatoms. The van der Waals surface area contributed by atoms with Gasteiger partial charge in [0.25, 0.3) is 0 Å². The van der Waals surface area contributed by atoms with Gasteiger partial charge in [0.15, 0.2) is 11.5 Å². The average Bonchev–Trinajstić information content (AvgIpc) is 2.86. The van der Waals surface area contributed by atoms with Crippen LogP contribution in [0.25, 0.3) is 11.1 Å². The number of anilines is 1. The number of carbonyl (C=O) groups is 1. The van der Waals surface area contributed by atoms with Gasteiger partial charge in [0, 0.05) is 23.7 Å². The fraction of sp³-hybridized carbons (Fsp3) is 0.579. The molecule has 0 atom stereocenters. The van der Waals surface area contributed by atoms with E-state index in [1.807, 2.05) is 39.0 Å². The van der Waals surface area contributed by atoms with Gasteiger partial charge in [-0.2, -0.15) is 0 Å². The highest BCUT2D eigenvalue weighted by atomic mass is 16.6. The lowest BCUT2D eigenvalue weighted by Crippen LogP contribution is -2.50. The molecule has 1 fully saturated rings. The molecule has 1 aromatic heterocycles. The van der Waals surface area contributed by atoms with Crippen LogP contribution in [0.15, 0.2) is 22.6 Å². The third-order valence-corrected chi connectivity index (χ3v) is 4.13.